The third kappa shape index (κ3) is 6.96. The number of ether oxygens (including phenoxy) is 1. The molecule has 1 fully saturated rings. The van der Waals surface area contributed by atoms with Crippen molar-refractivity contribution in [1.29, 1.82) is 0 Å². The van der Waals surface area contributed by atoms with E-state index in [2.05, 4.69) is 36.7 Å². The summed E-state index contributed by atoms with van der Waals surface area (Å²) in [5.41, 5.74) is 5.59. The van der Waals surface area contributed by atoms with E-state index in [1.165, 1.54) is 6.07 Å². The molecule has 10 heteroatoms. The van der Waals surface area contributed by atoms with Crippen LogP contribution in [0.1, 0.15) is 77.5 Å². The molecule has 0 radical (unpaired) electrons. The Labute approximate surface area is 311 Å². The summed E-state index contributed by atoms with van der Waals surface area (Å²) in [4.78, 5) is 35.7. The van der Waals surface area contributed by atoms with Gasteiger partial charge in [0.05, 0.1) is 23.6 Å². The van der Waals surface area contributed by atoms with Crippen LogP contribution in [-0.2, 0) is 17.6 Å². The fourth-order valence-electron chi connectivity index (χ4n) is 8.23. The Kier molecular flexibility index (Phi) is 10.4. The Morgan fingerprint density at radius 3 is 2.62 bits per heavy atom. The molecule has 2 N–H and O–H groups in total. The lowest BCUT2D eigenvalue weighted by Crippen LogP contribution is -2.30. The van der Waals surface area contributed by atoms with Gasteiger partial charge in [0, 0.05) is 49.8 Å². The molecule has 3 aromatic carbocycles. The van der Waals surface area contributed by atoms with Crippen LogP contribution in [0.2, 0.25) is 0 Å². The molecule has 278 valence electrons. The number of anilines is 1. The van der Waals surface area contributed by atoms with Crippen molar-refractivity contribution >= 4 is 49.9 Å². The molecule has 0 bridgehead atoms. The summed E-state index contributed by atoms with van der Waals surface area (Å²) < 4.78 is 21.8. The fourth-order valence-corrected chi connectivity index (χ4v) is 8.23. The molecule has 7 rings (SSSR count). The predicted octanol–water partition coefficient (Wildman–Crippen LogP) is 8.93. The second kappa shape index (κ2) is 15.2. The normalized spacial score (nSPS) is 17.0. The van der Waals surface area contributed by atoms with Gasteiger partial charge in [-0.15, -0.1) is 0 Å². The number of benzene rings is 3. The first-order valence-electron chi connectivity index (χ1n) is 19.3. The number of nitrogens with one attached hydrogen (secondary N) is 1. The van der Waals surface area contributed by atoms with Crippen molar-refractivity contribution in [3.05, 3.63) is 65.3 Å². The van der Waals surface area contributed by atoms with Crippen LogP contribution in [0.5, 0.6) is 11.8 Å². The van der Waals surface area contributed by atoms with E-state index in [1.807, 2.05) is 19.2 Å². The minimum atomic E-state index is -0.262. The molecule has 2 aliphatic heterocycles. The molecule has 4 heterocycles. The minimum absolute atomic E-state index is 0.0500. The molecule has 2 aliphatic rings. The van der Waals surface area contributed by atoms with Crippen LogP contribution in [0.25, 0.3) is 43.6 Å². The van der Waals surface area contributed by atoms with Crippen molar-refractivity contribution in [2.75, 3.05) is 38.7 Å². The maximum absolute atomic E-state index is 15.4. The summed E-state index contributed by atoms with van der Waals surface area (Å²) in [7, 11) is 3.52. The summed E-state index contributed by atoms with van der Waals surface area (Å²) in [6.07, 6.45) is 11.3. The van der Waals surface area contributed by atoms with Crippen LogP contribution in [-0.4, -0.2) is 76.4 Å². The van der Waals surface area contributed by atoms with E-state index in [9.17, 15) is 9.90 Å². The lowest BCUT2D eigenvalue weighted by atomic mass is 9.89. The quantitative estimate of drug-likeness (QED) is 0.149. The standard InChI is InChI=1S/C43H51FN6O3/c1-7-13-25(4)24-53-43-47-36-21-31(30-20-28(51)18-26-15-16-33(44)29(8-2)38(26)30)39-32(22-45-34(39)9-3)40(36)41(48-43)50-17-12-10-11-14-35-27(23-50)19-37(46-35)42(52)49(5)6/h15-16,18-22,25,35,45,51H,7-14,17,23-24H2,1-6H3. The maximum Gasteiger partial charge on any atom is 0.318 e. The first-order valence-corrected chi connectivity index (χ1v) is 19.3. The molecular weight excluding hydrogens is 668 g/mol. The van der Waals surface area contributed by atoms with E-state index in [-0.39, 0.29) is 23.5 Å². The first kappa shape index (κ1) is 36.4. The number of carbonyl (C=O) groups excluding carboxylic acids is 1. The van der Waals surface area contributed by atoms with Crippen molar-refractivity contribution in [1.82, 2.24) is 19.9 Å². The lowest BCUT2D eigenvalue weighted by Gasteiger charge is -2.27. The van der Waals surface area contributed by atoms with E-state index < -0.39 is 0 Å². The van der Waals surface area contributed by atoms with Gasteiger partial charge < -0.3 is 24.6 Å². The molecule has 0 saturated carbocycles. The molecule has 0 aliphatic carbocycles. The number of hydrogen-bond donors (Lipinski definition) is 2. The number of aromatic amines is 1. The van der Waals surface area contributed by atoms with E-state index in [0.717, 1.165) is 107 Å². The molecule has 0 spiro atoms. The molecule has 53 heavy (non-hydrogen) atoms. The second-order valence-corrected chi connectivity index (χ2v) is 15.0. The molecule has 9 nitrogen and oxygen atoms in total. The SMILES string of the molecule is CCCC(C)COc1nc(N2CCCCCC3N=C(C(=O)N(C)C)C=C3C2)c2c(cc(-c3cc(O)cc4ccc(F)c(CC)c34)c3c(CC)[nH]cc32)n1. The monoisotopic (exact) mass is 718 g/mol. The van der Waals surface area contributed by atoms with Crippen LogP contribution < -0.4 is 9.64 Å². The topological polar surface area (TPSA) is 107 Å². The second-order valence-electron chi connectivity index (χ2n) is 15.0. The number of aromatic hydroxyl groups is 1. The third-order valence-electron chi connectivity index (χ3n) is 10.9. The van der Waals surface area contributed by atoms with Crippen molar-refractivity contribution < 1.29 is 19.0 Å². The summed E-state index contributed by atoms with van der Waals surface area (Å²) in [6, 6.07) is 9.01. The number of hydrogen-bond acceptors (Lipinski definition) is 7. The van der Waals surface area contributed by atoms with Crippen LogP contribution in [0.3, 0.4) is 0 Å². The number of carbonyl (C=O) groups is 1. The number of phenols is 1. The molecule has 1 amide bonds. The van der Waals surface area contributed by atoms with E-state index in [0.29, 0.717) is 48.3 Å². The largest absolute Gasteiger partial charge is 0.508 e. The van der Waals surface area contributed by atoms with Crippen molar-refractivity contribution in [2.24, 2.45) is 10.9 Å². The maximum atomic E-state index is 15.4. The average Bonchev–Trinajstić information content (AvgIpc) is 3.77. The predicted molar refractivity (Wildman–Crippen MR) is 213 cm³/mol. The third-order valence-corrected chi connectivity index (χ3v) is 10.9. The zero-order valence-electron chi connectivity index (χ0n) is 31.9. The van der Waals surface area contributed by atoms with Gasteiger partial charge in [0.25, 0.3) is 5.91 Å². The van der Waals surface area contributed by atoms with Crippen LogP contribution in [0.15, 0.2) is 53.2 Å². The number of halogens is 1. The van der Waals surface area contributed by atoms with Crippen molar-refractivity contribution in [2.45, 2.75) is 85.1 Å². The van der Waals surface area contributed by atoms with Crippen LogP contribution in [0, 0.1) is 11.7 Å². The zero-order valence-corrected chi connectivity index (χ0v) is 31.9. The summed E-state index contributed by atoms with van der Waals surface area (Å²) in [5, 5.41) is 15.5. The fraction of sp³-hybridized carbons (Fsp3) is 0.442. The van der Waals surface area contributed by atoms with E-state index >= 15 is 4.39 Å². The number of amides is 1. The van der Waals surface area contributed by atoms with E-state index in [1.54, 1.807) is 37.2 Å². The number of phenolic OH excluding ortho intramolecular Hbond substituents is 1. The summed E-state index contributed by atoms with van der Waals surface area (Å²) >= 11 is 0. The van der Waals surface area contributed by atoms with Gasteiger partial charge in [0.1, 0.15) is 23.1 Å². The van der Waals surface area contributed by atoms with Crippen LogP contribution >= 0.6 is 0 Å². The molecular formula is C43H51FN6O3. The average molecular weight is 719 g/mol. The summed E-state index contributed by atoms with van der Waals surface area (Å²) in [5.74, 6) is 0.879. The number of H-pyrrole nitrogens is 1. The van der Waals surface area contributed by atoms with E-state index in [4.69, 9.17) is 19.7 Å². The molecule has 2 atom stereocenters. The minimum Gasteiger partial charge on any atom is -0.508 e. The zero-order chi connectivity index (χ0) is 37.4. The Morgan fingerprint density at radius 1 is 1.06 bits per heavy atom. The van der Waals surface area contributed by atoms with Crippen molar-refractivity contribution in [3.63, 3.8) is 0 Å². The van der Waals surface area contributed by atoms with Crippen molar-refractivity contribution in [3.8, 4) is 22.9 Å². The van der Waals surface area contributed by atoms with Gasteiger partial charge in [0.2, 0.25) is 0 Å². The number of aryl methyl sites for hydroxylation is 2. The first-order chi connectivity index (χ1) is 25.6. The van der Waals surface area contributed by atoms with Gasteiger partial charge in [0.15, 0.2) is 0 Å². The molecule has 1 saturated heterocycles. The van der Waals surface area contributed by atoms with Gasteiger partial charge in [-0.2, -0.15) is 9.97 Å². The Morgan fingerprint density at radius 2 is 1.87 bits per heavy atom. The number of rotatable bonds is 10. The van der Waals surface area contributed by atoms with Gasteiger partial charge in [-0.3, -0.25) is 9.79 Å². The number of nitrogens with zero attached hydrogens (tertiary/aromatic N) is 5. The Hall–Kier alpha value is -4.99. The van der Waals surface area contributed by atoms with Gasteiger partial charge in [-0.25, -0.2) is 4.39 Å². The number of fused-ring (bicyclic) bond motifs is 5. The van der Waals surface area contributed by atoms with Gasteiger partial charge in [-0.05, 0) is 101 Å². The molecule has 2 aromatic heterocycles. The highest BCUT2D eigenvalue weighted by Gasteiger charge is 2.30. The summed E-state index contributed by atoms with van der Waals surface area (Å²) in [6.45, 7) is 10.3. The number of aliphatic imine (C=N–C) groups is 1. The highest BCUT2D eigenvalue weighted by Crippen LogP contribution is 2.45. The lowest BCUT2D eigenvalue weighted by molar-refractivity contribution is -0.121. The molecule has 2 unspecified atom stereocenters. The van der Waals surface area contributed by atoms with Gasteiger partial charge >= 0.3 is 6.01 Å². The Balaban J connectivity index is 1.48. The Bertz CT molecular complexity index is 2260. The highest BCUT2D eigenvalue weighted by atomic mass is 19.1. The number of aromatic nitrogens is 3. The smallest absolute Gasteiger partial charge is 0.318 e. The highest BCUT2D eigenvalue weighted by molar-refractivity contribution is 6.44. The van der Waals surface area contributed by atoms with Crippen LogP contribution in [0.4, 0.5) is 10.2 Å². The molecule has 5 aromatic rings. The van der Waals surface area contributed by atoms with Gasteiger partial charge in [-0.1, -0.05) is 53.0 Å².